The molecule has 1 amide bonds. The Labute approximate surface area is 172 Å². The number of aromatic nitrogens is 2. The molecule has 28 heavy (non-hydrogen) atoms. The van der Waals surface area contributed by atoms with Gasteiger partial charge >= 0.3 is 12.1 Å². The number of nitrogens with one attached hydrogen (secondary N) is 1. The zero-order valence-corrected chi connectivity index (χ0v) is 17.3. The first-order valence-corrected chi connectivity index (χ1v) is 9.12. The third-order valence-electron chi connectivity index (χ3n) is 3.16. The number of hydrogen-bond acceptors (Lipinski definition) is 6. The molecule has 0 radical (unpaired) electrons. The van der Waals surface area contributed by atoms with Crippen LogP contribution in [0, 0.1) is 0 Å². The van der Waals surface area contributed by atoms with Crippen LogP contribution in [0.1, 0.15) is 43.7 Å². The molecule has 10 heteroatoms. The number of carbonyl (C=O) groups excluding carboxylic acids is 2. The van der Waals surface area contributed by atoms with E-state index in [1.807, 2.05) is 0 Å². The molecule has 1 aromatic heterocycles. The minimum absolute atomic E-state index is 0.0680. The Morgan fingerprint density at radius 3 is 2.57 bits per heavy atom. The summed E-state index contributed by atoms with van der Waals surface area (Å²) in [5.41, 5.74) is 2.10. The summed E-state index contributed by atoms with van der Waals surface area (Å²) in [5, 5.41) is 8.46. The number of benzene rings is 1. The number of rotatable bonds is 5. The Morgan fingerprint density at radius 1 is 1.29 bits per heavy atom. The van der Waals surface area contributed by atoms with Crippen molar-refractivity contribution in [2.24, 2.45) is 5.10 Å². The fraction of sp³-hybridized carbons (Fsp3) is 0.333. The lowest BCUT2D eigenvalue weighted by Crippen LogP contribution is -2.29. The zero-order chi connectivity index (χ0) is 20.9. The minimum Gasteiger partial charge on any atom is -0.461 e. The molecule has 0 unspecified atom stereocenters. The van der Waals surface area contributed by atoms with Gasteiger partial charge in [0, 0.05) is 0 Å². The first-order chi connectivity index (χ1) is 13.1. The number of para-hydroxylation sites is 1. The van der Waals surface area contributed by atoms with Crippen LogP contribution < -0.4 is 5.43 Å². The minimum atomic E-state index is -0.754. The third-order valence-corrected chi connectivity index (χ3v) is 3.84. The monoisotopic (exact) mass is 426 g/mol. The maximum atomic E-state index is 12.3. The number of ether oxygens (including phenoxy) is 2. The van der Waals surface area contributed by atoms with Crippen molar-refractivity contribution in [1.29, 1.82) is 0 Å². The summed E-state index contributed by atoms with van der Waals surface area (Å²) in [6.07, 6.45) is 0.440. The van der Waals surface area contributed by atoms with Gasteiger partial charge in [0.05, 0.1) is 29.1 Å². The van der Waals surface area contributed by atoms with Crippen LogP contribution in [-0.4, -0.2) is 40.3 Å². The molecule has 0 aliphatic rings. The first kappa shape index (κ1) is 21.7. The number of hydrogen-bond donors (Lipinski definition) is 1. The molecule has 1 heterocycles. The summed E-state index contributed by atoms with van der Waals surface area (Å²) in [6.45, 7) is 6.99. The highest BCUT2D eigenvalue weighted by molar-refractivity contribution is 6.34. The molecule has 0 aliphatic heterocycles. The number of esters is 1. The normalized spacial score (nSPS) is 11.5. The highest BCUT2D eigenvalue weighted by atomic mass is 35.5. The fourth-order valence-electron chi connectivity index (χ4n) is 2.11. The van der Waals surface area contributed by atoms with E-state index in [1.165, 1.54) is 10.9 Å². The van der Waals surface area contributed by atoms with E-state index < -0.39 is 17.7 Å². The highest BCUT2D eigenvalue weighted by Crippen LogP contribution is 2.27. The van der Waals surface area contributed by atoms with E-state index in [0.717, 1.165) is 0 Å². The molecule has 2 rings (SSSR count). The van der Waals surface area contributed by atoms with Gasteiger partial charge in [0.1, 0.15) is 10.8 Å². The Kier molecular flexibility index (Phi) is 7.04. The topological polar surface area (TPSA) is 94.8 Å². The molecular formula is C18H20Cl2N4O4. The van der Waals surface area contributed by atoms with Gasteiger partial charge in [0.15, 0.2) is 5.69 Å². The Morgan fingerprint density at radius 2 is 1.96 bits per heavy atom. The number of nitrogens with zero attached hydrogens (tertiary/aromatic N) is 3. The SMILES string of the molecule is CCOC(=O)c1nn(-c2ccccc2Cl)c(Cl)c1/C=N/NC(=O)OC(C)(C)C. The molecule has 0 aliphatic carbocycles. The predicted octanol–water partition coefficient (Wildman–Crippen LogP) is 4.21. The summed E-state index contributed by atoms with van der Waals surface area (Å²) in [6, 6.07) is 6.86. The molecule has 0 spiro atoms. The van der Waals surface area contributed by atoms with Gasteiger partial charge in [-0.1, -0.05) is 35.3 Å². The van der Waals surface area contributed by atoms with E-state index >= 15 is 0 Å². The van der Waals surface area contributed by atoms with E-state index in [-0.39, 0.29) is 23.0 Å². The van der Waals surface area contributed by atoms with Crippen LogP contribution in [0.4, 0.5) is 4.79 Å². The molecule has 1 N–H and O–H groups in total. The van der Waals surface area contributed by atoms with E-state index in [4.69, 9.17) is 32.7 Å². The lowest BCUT2D eigenvalue weighted by molar-refractivity contribution is 0.0514. The zero-order valence-electron chi connectivity index (χ0n) is 15.8. The maximum Gasteiger partial charge on any atom is 0.428 e. The lowest BCUT2D eigenvalue weighted by atomic mass is 10.2. The van der Waals surface area contributed by atoms with E-state index in [0.29, 0.717) is 10.7 Å². The summed E-state index contributed by atoms with van der Waals surface area (Å²) in [4.78, 5) is 24.0. The first-order valence-electron chi connectivity index (χ1n) is 8.36. The molecule has 8 nitrogen and oxygen atoms in total. The van der Waals surface area contributed by atoms with Crippen LogP contribution in [-0.2, 0) is 9.47 Å². The van der Waals surface area contributed by atoms with Crippen LogP contribution in [0.2, 0.25) is 10.2 Å². The van der Waals surface area contributed by atoms with E-state index in [9.17, 15) is 9.59 Å². The molecule has 2 aromatic rings. The van der Waals surface area contributed by atoms with Gasteiger partial charge < -0.3 is 9.47 Å². The average Bonchev–Trinajstić information content (AvgIpc) is 2.91. The van der Waals surface area contributed by atoms with Crippen molar-refractivity contribution < 1.29 is 19.1 Å². The van der Waals surface area contributed by atoms with E-state index in [2.05, 4.69) is 15.6 Å². The molecule has 1 aromatic carbocycles. The standard InChI is InChI=1S/C18H20Cl2N4O4/c1-5-27-16(25)14-11(10-21-22-17(26)28-18(2,3)4)15(20)24(23-14)13-9-7-6-8-12(13)19/h6-10H,5H2,1-4H3,(H,22,26)/b21-10+. The maximum absolute atomic E-state index is 12.3. The van der Waals surface area contributed by atoms with Crippen LogP contribution >= 0.6 is 23.2 Å². The molecule has 0 saturated carbocycles. The fourth-order valence-corrected chi connectivity index (χ4v) is 2.59. The van der Waals surface area contributed by atoms with E-state index in [1.54, 1.807) is 52.0 Å². The van der Waals surface area contributed by atoms with Gasteiger partial charge in [-0.2, -0.15) is 10.2 Å². The van der Waals surface area contributed by atoms with Gasteiger partial charge in [0.25, 0.3) is 0 Å². The second-order valence-corrected chi connectivity index (χ2v) is 7.27. The Bertz CT molecular complexity index is 903. The second-order valence-electron chi connectivity index (χ2n) is 6.51. The number of hydrazone groups is 1. The highest BCUT2D eigenvalue weighted by Gasteiger charge is 2.24. The van der Waals surface area contributed by atoms with Crippen LogP contribution in [0.5, 0.6) is 0 Å². The predicted molar refractivity (Wildman–Crippen MR) is 107 cm³/mol. The molecule has 0 saturated heterocycles. The average molecular weight is 427 g/mol. The van der Waals surface area contributed by atoms with Gasteiger partial charge in [-0.05, 0) is 39.8 Å². The summed E-state index contributed by atoms with van der Waals surface area (Å²) >= 11 is 12.6. The summed E-state index contributed by atoms with van der Waals surface area (Å²) in [7, 11) is 0. The summed E-state index contributed by atoms with van der Waals surface area (Å²) in [5.74, 6) is -0.686. The van der Waals surface area contributed by atoms with Crippen molar-refractivity contribution in [3.8, 4) is 5.69 Å². The molecule has 150 valence electrons. The number of amides is 1. The molecule has 0 fully saturated rings. The Hall–Kier alpha value is -2.58. The van der Waals surface area contributed by atoms with Crippen molar-refractivity contribution in [2.75, 3.05) is 6.61 Å². The van der Waals surface area contributed by atoms with Gasteiger partial charge in [0.2, 0.25) is 0 Å². The molecule has 0 atom stereocenters. The van der Waals surface area contributed by atoms with Crippen molar-refractivity contribution in [1.82, 2.24) is 15.2 Å². The van der Waals surface area contributed by atoms with Gasteiger partial charge in [-0.3, -0.25) is 0 Å². The van der Waals surface area contributed by atoms with Crippen LogP contribution in [0.15, 0.2) is 29.4 Å². The van der Waals surface area contributed by atoms with Crippen molar-refractivity contribution in [3.63, 3.8) is 0 Å². The largest absolute Gasteiger partial charge is 0.461 e. The van der Waals surface area contributed by atoms with Crippen molar-refractivity contribution in [3.05, 3.63) is 45.7 Å². The van der Waals surface area contributed by atoms with Gasteiger partial charge in [-0.15, -0.1) is 0 Å². The van der Waals surface area contributed by atoms with Crippen LogP contribution in [0.25, 0.3) is 5.69 Å². The van der Waals surface area contributed by atoms with Gasteiger partial charge in [-0.25, -0.2) is 19.7 Å². The lowest BCUT2D eigenvalue weighted by Gasteiger charge is -2.18. The van der Waals surface area contributed by atoms with Crippen molar-refractivity contribution >= 4 is 41.5 Å². The smallest absolute Gasteiger partial charge is 0.428 e. The third kappa shape index (κ3) is 5.46. The van der Waals surface area contributed by atoms with Crippen LogP contribution in [0.3, 0.4) is 0 Å². The number of carbonyl (C=O) groups is 2. The summed E-state index contributed by atoms with van der Waals surface area (Å²) < 4.78 is 11.4. The Balaban J connectivity index is 2.39. The molecular weight excluding hydrogens is 407 g/mol. The second kappa shape index (κ2) is 9.07. The number of halogens is 2. The van der Waals surface area contributed by atoms with Crippen molar-refractivity contribution in [2.45, 2.75) is 33.3 Å². The molecule has 0 bridgehead atoms. The quantitative estimate of drug-likeness (QED) is 0.438.